The fraction of sp³-hybridized carbons (Fsp3) is 0.316. The molecule has 12 heteroatoms. The van der Waals surface area contributed by atoms with E-state index in [1.165, 1.54) is 59.9 Å². The first-order chi connectivity index (χ1) is 14.7. The topological polar surface area (TPSA) is 131 Å². The molecule has 168 valence electrons. The van der Waals surface area contributed by atoms with E-state index in [0.717, 1.165) is 0 Å². The standard InChI is InChI=1S/C19H23N3O7S2/c1-28-16-5-7-17(8-6-16)30(24,25)20-14-19(23)21-15-3-2-4-18(13-15)31(26,27)22-9-11-29-12-10-22/h2-8,13,20H,9-12,14H2,1H3,(H,21,23). The summed E-state index contributed by atoms with van der Waals surface area (Å²) in [6.45, 7) is 0.640. The number of amides is 1. The van der Waals surface area contributed by atoms with Crippen molar-refractivity contribution in [3.05, 3.63) is 48.5 Å². The fourth-order valence-corrected chi connectivity index (χ4v) is 5.31. The van der Waals surface area contributed by atoms with Crippen LogP contribution < -0.4 is 14.8 Å². The number of anilines is 1. The Bertz CT molecular complexity index is 1130. The molecule has 2 aromatic rings. The number of methoxy groups -OCH3 is 1. The lowest BCUT2D eigenvalue weighted by Crippen LogP contribution is -2.40. The summed E-state index contributed by atoms with van der Waals surface area (Å²) >= 11 is 0. The van der Waals surface area contributed by atoms with Crippen LogP contribution in [0.4, 0.5) is 5.69 Å². The van der Waals surface area contributed by atoms with Crippen LogP contribution in [0.25, 0.3) is 0 Å². The average molecular weight is 470 g/mol. The number of hydrogen-bond acceptors (Lipinski definition) is 7. The summed E-state index contributed by atoms with van der Waals surface area (Å²) in [5, 5.41) is 2.51. The van der Waals surface area contributed by atoms with Gasteiger partial charge >= 0.3 is 0 Å². The van der Waals surface area contributed by atoms with Crippen molar-refractivity contribution in [1.82, 2.24) is 9.03 Å². The highest BCUT2D eigenvalue weighted by Gasteiger charge is 2.26. The summed E-state index contributed by atoms with van der Waals surface area (Å²) in [4.78, 5) is 12.2. The van der Waals surface area contributed by atoms with Crippen molar-refractivity contribution in [2.24, 2.45) is 0 Å². The minimum Gasteiger partial charge on any atom is -0.497 e. The Morgan fingerprint density at radius 1 is 1.03 bits per heavy atom. The van der Waals surface area contributed by atoms with E-state index >= 15 is 0 Å². The second-order valence-corrected chi connectivity index (χ2v) is 10.3. The number of rotatable bonds is 8. The molecule has 1 aliphatic heterocycles. The SMILES string of the molecule is COc1ccc(S(=O)(=O)NCC(=O)Nc2cccc(S(=O)(=O)N3CCOCC3)c2)cc1. The lowest BCUT2D eigenvalue weighted by Gasteiger charge is -2.26. The van der Waals surface area contributed by atoms with Gasteiger partial charge in [-0.25, -0.2) is 21.6 Å². The van der Waals surface area contributed by atoms with Gasteiger partial charge in [0.05, 0.1) is 36.7 Å². The largest absolute Gasteiger partial charge is 0.497 e. The molecule has 31 heavy (non-hydrogen) atoms. The van der Waals surface area contributed by atoms with Gasteiger partial charge in [0.15, 0.2) is 0 Å². The van der Waals surface area contributed by atoms with Crippen molar-refractivity contribution in [1.29, 1.82) is 0 Å². The van der Waals surface area contributed by atoms with Crippen molar-refractivity contribution in [2.75, 3.05) is 45.3 Å². The molecule has 3 rings (SSSR count). The van der Waals surface area contributed by atoms with E-state index < -0.39 is 32.5 Å². The Labute approximate surface area is 181 Å². The molecule has 1 aliphatic rings. The highest BCUT2D eigenvalue weighted by Crippen LogP contribution is 2.20. The Hall–Kier alpha value is -2.51. The predicted octanol–water partition coefficient (Wildman–Crippen LogP) is 0.633. The van der Waals surface area contributed by atoms with Crippen LogP contribution in [0.5, 0.6) is 5.75 Å². The van der Waals surface area contributed by atoms with Crippen molar-refractivity contribution >= 4 is 31.6 Å². The number of carbonyl (C=O) groups is 1. The molecule has 0 bridgehead atoms. The van der Waals surface area contributed by atoms with Crippen LogP contribution in [0.3, 0.4) is 0 Å². The molecule has 2 N–H and O–H groups in total. The zero-order chi connectivity index (χ0) is 22.5. The van der Waals surface area contributed by atoms with Crippen molar-refractivity contribution in [2.45, 2.75) is 9.79 Å². The maximum absolute atomic E-state index is 12.7. The van der Waals surface area contributed by atoms with Crippen LogP contribution >= 0.6 is 0 Å². The number of nitrogens with zero attached hydrogens (tertiary/aromatic N) is 1. The van der Waals surface area contributed by atoms with Crippen LogP contribution in [0, 0.1) is 0 Å². The van der Waals surface area contributed by atoms with Gasteiger partial charge in [-0.1, -0.05) is 6.07 Å². The van der Waals surface area contributed by atoms with E-state index in [4.69, 9.17) is 9.47 Å². The van der Waals surface area contributed by atoms with Crippen molar-refractivity contribution < 1.29 is 31.1 Å². The molecule has 0 aliphatic carbocycles. The lowest BCUT2D eigenvalue weighted by molar-refractivity contribution is -0.115. The minimum absolute atomic E-state index is 0.0142. The van der Waals surface area contributed by atoms with E-state index in [1.54, 1.807) is 0 Å². The third-order valence-corrected chi connectivity index (χ3v) is 7.83. The van der Waals surface area contributed by atoms with Gasteiger partial charge in [-0.05, 0) is 42.5 Å². The smallest absolute Gasteiger partial charge is 0.243 e. The first kappa shape index (κ1) is 23.2. The molecule has 0 radical (unpaired) electrons. The Morgan fingerprint density at radius 2 is 1.71 bits per heavy atom. The highest BCUT2D eigenvalue weighted by molar-refractivity contribution is 7.89. The number of ether oxygens (including phenoxy) is 2. The highest BCUT2D eigenvalue weighted by atomic mass is 32.2. The minimum atomic E-state index is -3.90. The summed E-state index contributed by atoms with van der Waals surface area (Å²) in [5.74, 6) is -0.137. The van der Waals surface area contributed by atoms with E-state index in [9.17, 15) is 21.6 Å². The van der Waals surface area contributed by atoms with Crippen LogP contribution in [0.15, 0.2) is 58.3 Å². The maximum atomic E-state index is 12.7. The third kappa shape index (κ3) is 5.80. The molecule has 0 saturated carbocycles. The number of nitrogens with one attached hydrogen (secondary N) is 2. The van der Waals surface area contributed by atoms with Crippen LogP contribution in [-0.4, -0.2) is 67.0 Å². The van der Waals surface area contributed by atoms with E-state index in [-0.39, 0.29) is 28.6 Å². The first-order valence-electron chi connectivity index (χ1n) is 9.34. The zero-order valence-corrected chi connectivity index (χ0v) is 18.4. The molecular weight excluding hydrogens is 446 g/mol. The van der Waals surface area contributed by atoms with Crippen LogP contribution in [0.1, 0.15) is 0 Å². The molecular formula is C19H23N3O7S2. The molecule has 1 saturated heterocycles. The van der Waals surface area contributed by atoms with E-state index in [2.05, 4.69) is 10.0 Å². The van der Waals surface area contributed by atoms with Crippen molar-refractivity contribution in [3.63, 3.8) is 0 Å². The van der Waals surface area contributed by atoms with Gasteiger partial charge in [0.2, 0.25) is 26.0 Å². The average Bonchev–Trinajstić information content (AvgIpc) is 2.78. The maximum Gasteiger partial charge on any atom is 0.243 e. The molecule has 1 amide bonds. The predicted molar refractivity (Wildman–Crippen MR) is 113 cm³/mol. The Morgan fingerprint density at radius 3 is 2.35 bits per heavy atom. The summed E-state index contributed by atoms with van der Waals surface area (Å²) in [6, 6.07) is 11.5. The molecule has 0 unspecified atom stereocenters. The lowest BCUT2D eigenvalue weighted by atomic mass is 10.3. The monoisotopic (exact) mass is 469 g/mol. The molecule has 0 aromatic heterocycles. The molecule has 0 atom stereocenters. The van der Waals surface area contributed by atoms with E-state index in [0.29, 0.717) is 19.0 Å². The van der Waals surface area contributed by atoms with Gasteiger partial charge in [0, 0.05) is 18.8 Å². The van der Waals surface area contributed by atoms with Gasteiger partial charge < -0.3 is 14.8 Å². The molecule has 2 aromatic carbocycles. The second-order valence-electron chi connectivity index (χ2n) is 6.59. The summed E-state index contributed by atoms with van der Waals surface area (Å²) < 4.78 is 63.8. The normalized spacial score (nSPS) is 15.4. The number of hydrogen-bond donors (Lipinski definition) is 2. The van der Waals surface area contributed by atoms with Gasteiger partial charge in [-0.3, -0.25) is 4.79 Å². The van der Waals surface area contributed by atoms with Gasteiger partial charge in [-0.15, -0.1) is 0 Å². The number of sulfonamides is 2. The zero-order valence-electron chi connectivity index (χ0n) is 16.8. The Balaban J connectivity index is 1.63. The number of benzene rings is 2. The van der Waals surface area contributed by atoms with Gasteiger partial charge in [0.25, 0.3) is 0 Å². The quantitative estimate of drug-likeness (QED) is 0.580. The first-order valence-corrected chi connectivity index (χ1v) is 12.3. The molecule has 1 heterocycles. The number of carbonyl (C=O) groups excluding carboxylic acids is 1. The van der Waals surface area contributed by atoms with Crippen molar-refractivity contribution in [3.8, 4) is 5.75 Å². The molecule has 10 nitrogen and oxygen atoms in total. The molecule has 0 spiro atoms. The molecule has 1 fully saturated rings. The van der Waals surface area contributed by atoms with Crippen LogP contribution in [-0.2, 0) is 29.6 Å². The summed E-state index contributed by atoms with van der Waals surface area (Å²) in [6.07, 6.45) is 0. The van der Waals surface area contributed by atoms with Gasteiger partial charge in [-0.2, -0.15) is 4.31 Å². The van der Waals surface area contributed by atoms with Crippen LogP contribution in [0.2, 0.25) is 0 Å². The fourth-order valence-electron chi connectivity index (χ4n) is 2.87. The third-order valence-electron chi connectivity index (χ3n) is 4.52. The second kappa shape index (κ2) is 9.75. The summed E-state index contributed by atoms with van der Waals surface area (Å²) in [5.41, 5.74) is 0.239. The number of morpholine rings is 1. The summed E-state index contributed by atoms with van der Waals surface area (Å²) in [7, 11) is -6.15. The Kier molecular flexibility index (Phi) is 7.28. The van der Waals surface area contributed by atoms with E-state index in [1.807, 2.05) is 0 Å². The van der Waals surface area contributed by atoms with Gasteiger partial charge in [0.1, 0.15) is 5.75 Å².